The van der Waals surface area contributed by atoms with Gasteiger partial charge in [-0.2, -0.15) is 13.2 Å². The molecule has 2 saturated heterocycles. The van der Waals surface area contributed by atoms with E-state index in [-0.39, 0.29) is 6.42 Å². The maximum atomic E-state index is 13.1. The number of carbonyl (C=O) groups excluding carboxylic acids is 1. The van der Waals surface area contributed by atoms with Gasteiger partial charge in [-0.05, 0) is 11.8 Å². The first-order valence-electron chi connectivity index (χ1n) is 7.91. The summed E-state index contributed by atoms with van der Waals surface area (Å²) in [7, 11) is 0. The van der Waals surface area contributed by atoms with Crippen molar-refractivity contribution >= 4 is 6.03 Å². The molecule has 8 heteroatoms. The first-order valence-corrected chi connectivity index (χ1v) is 7.91. The Balaban J connectivity index is 1.91. The molecule has 1 N–H and O–H groups in total. The number of piperidine rings is 1. The summed E-state index contributed by atoms with van der Waals surface area (Å²) in [6, 6.07) is -2.52. The zero-order valence-electron chi connectivity index (χ0n) is 13.8. The van der Waals surface area contributed by atoms with Crippen molar-refractivity contribution < 1.29 is 27.4 Å². The summed E-state index contributed by atoms with van der Waals surface area (Å²) in [4.78, 5) is 13.6. The van der Waals surface area contributed by atoms with Crippen molar-refractivity contribution in [2.24, 2.45) is 5.41 Å². The van der Waals surface area contributed by atoms with Crippen LogP contribution in [0.1, 0.15) is 40.0 Å². The highest BCUT2D eigenvalue weighted by atomic mass is 19.4. The number of likely N-dealkylation sites (tertiary alicyclic amines) is 1. The highest BCUT2D eigenvalue weighted by Crippen LogP contribution is 2.33. The van der Waals surface area contributed by atoms with Crippen LogP contribution in [0.3, 0.4) is 0 Å². The first-order chi connectivity index (χ1) is 10.5. The minimum atomic E-state index is -4.46. The second-order valence-electron chi connectivity index (χ2n) is 7.40. The molecule has 0 bridgehead atoms. The predicted octanol–water partition coefficient (Wildman–Crippen LogP) is 2.90. The van der Waals surface area contributed by atoms with Gasteiger partial charge < -0.3 is 19.7 Å². The van der Waals surface area contributed by atoms with Crippen molar-refractivity contribution in [1.29, 1.82) is 0 Å². The average Bonchev–Trinajstić information content (AvgIpc) is 2.84. The van der Waals surface area contributed by atoms with Gasteiger partial charge >= 0.3 is 12.2 Å². The fourth-order valence-corrected chi connectivity index (χ4v) is 2.94. The molecular formula is C15H25F3N2O3. The van der Waals surface area contributed by atoms with E-state index in [9.17, 15) is 18.0 Å². The zero-order valence-corrected chi connectivity index (χ0v) is 13.8. The summed E-state index contributed by atoms with van der Waals surface area (Å²) in [5, 5.41) is 2.14. The van der Waals surface area contributed by atoms with Crippen molar-refractivity contribution in [1.82, 2.24) is 10.2 Å². The molecule has 0 unspecified atom stereocenters. The Hall–Kier alpha value is -1.02. The molecule has 2 heterocycles. The molecule has 2 aliphatic heterocycles. The Morgan fingerprint density at radius 2 is 1.70 bits per heavy atom. The van der Waals surface area contributed by atoms with E-state index in [2.05, 4.69) is 5.32 Å². The second kappa shape index (κ2) is 6.47. The van der Waals surface area contributed by atoms with Crippen molar-refractivity contribution in [3.8, 4) is 0 Å². The molecule has 2 rings (SSSR count). The monoisotopic (exact) mass is 338 g/mol. The lowest BCUT2D eigenvalue weighted by Crippen LogP contribution is -2.55. The maximum absolute atomic E-state index is 13.1. The van der Waals surface area contributed by atoms with Gasteiger partial charge in [-0.15, -0.1) is 0 Å². The van der Waals surface area contributed by atoms with Gasteiger partial charge in [0.15, 0.2) is 5.79 Å². The lowest BCUT2D eigenvalue weighted by atomic mass is 9.88. The van der Waals surface area contributed by atoms with Crippen LogP contribution in [0.5, 0.6) is 0 Å². The summed E-state index contributed by atoms with van der Waals surface area (Å²) in [5.74, 6) is -0.647. The van der Waals surface area contributed by atoms with Gasteiger partial charge in [-0.1, -0.05) is 20.8 Å². The van der Waals surface area contributed by atoms with Crippen LogP contribution in [0.25, 0.3) is 0 Å². The first kappa shape index (κ1) is 18.3. The number of hydrogen-bond acceptors (Lipinski definition) is 3. The van der Waals surface area contributed by atoms with Gasteiger partial charge in [0.1, 0.15) is 6.04 Å². The van der Waals surface area contributed by atoms with Crippen molar-refractivity contribution in [2.45, 2.75) is 58.0 Å². The number of nitrogens with zero attached hydrogens (tertiary/aromatic N) is 1. The van der Waals surface area contributed by atoms with Crippen LogP contribution in [0.15, 0.2) is 0 Å². The molecule has 134 valence electrons. The number of rotatable bonds is 2. The van der Waals surface area contributed by atoms with Gasteiger partial charge in [-0.25, -0.2) is 4.79 Å². The summed E-state index contributed by atoms with van der Waals surface area (Å²) in [5.41, 5.74) is -0.537. The fraction of sp³-hybridized carbons (Fsp3) is 0.933. The van der Waals surface area contributed by atoms with Crippen LogP contribution in [0, 0.1) is 5.41 Å². The van der Waals surface area contributed by atoms with Crippen LogP contribution in [0.4, 0.5) is 18.0 Å². The van der Waals surface area contributed by atoms with Gasteiger partial charge in [0, 0.05) is 25.9 Å². The topological polar surface area (TPSA) is 50.8 Å². The van der Waals surface area contributed by atoms with Crippen LogP contribution >= 0.6 is 0 Å². The molecular weight excluding hydrogens is 313 g/mol. The number of urea groups is 1. The van der Waals surface area contributed by atoms with E-state index in [0.29, 0.717) is 39.1 Å². The Bertz CT molecular complexity index is 419. The van der Waals surface area contributed by atoms with Gasteiger partial charge in [0.25, 0.3) is 0 Å². The Labute approximate surface area is 134 Å². The minimum Gasteiger partial charge on any atom is -0.347 e. The van der Waals surface area contributed by atoms with E-state index in [0.717, 1.165) is 0 Å². The third-order valence-electron chi connectivity index (χ3n) is 4.14. The number of nitrogens with one attached hydrogen (secondary N) is 1. The van der Waals surface area contributed by atoms with E-state index in [1.165, 1.54) is 4.90 Å². The number of carbonyl (C=O) groups is 1. The predicted molar refractivity (Wildman–Crippen MR) is 77.9 cm³/mol. The molecule has 2 fully saturated rings. The zero-order chi connectivity index (χ0) is 17.3. The van der Waals surface area contributed by atoms with E-state index < -0.39 is 29.5 Å². The molecule has 0 aromatic carbocycles. The summed E-state index contributed by atoms with van der Waals surface area (Å²) >= 11 is 0. The third kappa shape index (κ3) is 4.97. The smallest absolute Gasteiger partial charge is 0.347 e. The maximum Gasteiger partial charge on any atom is 0.408 e. The number of hydrogen-bond donors (Lipinski definition) is 1. The molecule has 2 amide bonds. The molecule has 0 aliphatic carbocycles. The van der Waals surface area contributed by atoms with Crippen LogP contribution < -0.4 is 5.32 Å². The molecule has 0 saturated carbocycles. The van der Waals surface area contributed by atoms with Gasteiger partial charge in [0.05, 0.1) is 13.2 Å². The summed E-state index contributed by atoms with van der Waals surface area (Å²) < 4.78 is 50.5. The molecule has 0 aromatic rings. The molecule has 1 spiro atoms. The van der Waals surface area contributed by atoms with E-state index in [1.54, 1.807) is 20.8 Å². The lowest BCUT2D eigenvalue weighted by Gasteiger charge is -2.38. The van der Waals surface area contributed by atoms with E-state index >= 15 is 0 Å². The summed E-state index contributed by atoms with van der Waals surface area (Å²) in [6.07, 6.45) is -3.66. The highest BCUT2D eigenvalue weighted by Gasteiger charge is 2.45. The van der Waals surface area contributed by atoms with Gasteiger partial charge in [-0.3, -0.25) is 0 Å². The molecule has 23 heavy (non-hydrogen) atoms. The Morgan fingerprint density at radius 1 is 1.17 bits per heavy atom. The quantitative estimate of drug-likeness (QED) is 0.842. The Kier molecular flexibility index (Phi) is 5.15. The normalized spacial score (nSPS) is 23.1. The van der Waals surface area contributed by atoms with Crippen molar-refractivity contribution in [3.05, 3.63) is 0 Å². The summed E-state index contributed by atoms with van der Waals surface area (Å²) in [6.45, 7) is 6.85. The largest absolute Gasteiger partial charge is 0.408 e. The number of ether oxygens (including phenoxy) is 2. The second-order valence-corrected chi connectivity index (χ2v) is 7.40. The molecule has 1 atom stereocenters. The molecule has 2 aliphatic rings. The van der Waals surface area contributed by atoms with Crippen molar-refractivity contribution in [3.63, 3.8) is 0 Å². The SMILES string of the molecule is CC(C)(C)C[C@H](NC(=O)N1CCC2(CC1)OCCO2)C(F)(F)F. The molecule has 0 aromatic heterocycles. The van der Waals surface area contributed by atoms with Gasteiger partial charge in [0.2, 0.25) is 0 Å². The van der Waals surface area contributed by atoms with E-state index in [4.69, 9.17) is 9.47 Å². The van der Waals surface area contributed by atoms with Crippen molar-refractivity contribution in [2.75, 3.05) is 26.3 Å². The Morgan fingerprint density at radius 3 is 2.13 bits per heavy atom. The number of halogens is 3. The van der Waals surface area contributed by atoms with Crippen LogP contribution in [-0.4, -0.2) is 55.2 Å². The standard InChI is InChI=1S/C15H25F3N2O3/c1-13(2,3)10-11(15(16,17)18)19-12(21)20-6-4-14(5-7-20)22-8-9-23-14/h11H,4-10H2,1-3H3,(H,19,21)/t11-/m0/s1. The lowest BCUT2D eigenvalue weighted by molar-refractivity contribution is -0.182. The number of alkyl halides is 3. The highest BCUT2D eigenvalue weighted by molar-refractivity contribution is 5.74. The van der Waals surface area contributed by atoms with Crippen LogP contribution in [-0.2, 0) is 9.47 Å². The average molecular weight is 338 g/mol. The number of amides is 2. The van der Waals surface area contributed by atoms with E-state index in [1.807, 2.05) is 0 Å². The van der Waals surface area contributed by atoms with Crippen LogP contribution in [0.2, 0.25) is 0 Å². The molecule has 5 nitrogen and oxygen atoms in total. The minimum absolute atomic E-state index is 0.160. The third-order valence-corrected chi connectivity index (χ3v) is 4.14. The fourth-order valence-electron chi connectivity index (χ4n) is 2.94. The molecule has 0 radical (unpaired) electrons.